The Morgan fingerprint density at radius 2 is 1.82 bits per heavy atom. The Kier molecular flexibility index (Phi) is 5.35. The van der Waals surface area contributed by atoms with Gasteiger partial charge < -0.3 is 9.88 Å². The molecule has 8 nitrogen and oxygen atoms in total. The van der Waals surface area contributed by atoms with Crippen LogP contribution in [0.3, 0.4) is 0 Å². The van der Waals surface area contributed by atoms with Crippen molar-refractivity contribution in [3.05, 3.63) is 99.9 Å². The maximum Gasteiger partial charge on any atom is 0.269 e. The van der Waals surface area contributed by atoms with Crippen molar-refractivity contribution in [2.24, 2.45) is 0 Å². The van der Waals surface area contributed by atoms with Gasteiger partial charge in [0, 0.05) is 42.5 Å². The molecule has 0 fully saturated rings. The van der Waals surface area contributed by atoms with E-state index in [9.17, 15) is 14.9 Å². The Bertz CT molecular complexity index is 1330. The third-order valence-electron chi connectivity index (χ3n) is 6.21. The van der Waals surface area contributed by atoms with Gasteiger partial charge in [0.1, 0.15) is 5.82 Å². The molecule has 0 spiro atoms. The molecule has 1 N–H and O–H groups in total. The summed E-state index contributed by atoms with van der Waals surface area (Å²) in [6.45, 7) is 4.78. The molecule has 0 saturated heterocycles. The number of amides is 1. The normalized spacial score (nSPS) is 14.6. The lowest BCUT2D eigenvalue weighted by atomic mass is 10.1. The molecule has 1 amide bonds. The van der Waals surface area contributed by atoms with E-state index < -0.39 is 4.92 Å². The molecule has 0 saturated carbocycles. The van der Waals surface area contributed by atoms with Crippen molar-refractivity contribution >= 4 is 28.3 Å². The summed E-state index contributed by atoms with van der Waals surface area (Å²) in [5, 5.41) is 13.7. The van der Waals surface area contributed by atoms with Gasteiger partial charge in [0.15, 0.2) is 0 Å². The predicted molar refractivity (Wildman–Crippen MR) is 126 cm³/mol. The fourth-order valence-electron chi connectivity index (χ4n) is 4.33. The van der Waals surface area contributed by atoms with Crippen LogP contribution >= 0.6 is 0 Å². The van der Waals surface area contributed by atoms with E-state index in [2.05, 4.69) is 46.0 Å². The van der Waals surface area contributed by atoms with Crippen molar-refractivity contribution in [2.75, 3.05) is 11.9 Å². The Labute approximate surface area is 190 Å². The van der Waals surface area contributed by atoms with E-state index in [0.29, 0.717) is 17.3 Å². The van der Waals surface area contributed by atoms with Crippen LogP contribution in [-0.4, -0.2) is 31.8 Å². The molecule has 1 atom stereocenters. The highest BCUT2D eigenvalue weighted by Gasteiger charge is 2.24. The van der Waals surface area contributed by atoms with Gasteiger partial charge in [-0.2, -0.15) is 0 Å². The molecule has 0 radical (unpaired) electrons. The zero-order valence-electron chi connectivity index (χ0n) is 18.1. The number of benzene rings is 3. The molecule has 1 aromatic heterocycles. The molecule has 3 aromatic carbocycles. The molecule has 33 heavy (non-hydrogen) atoms. The molecule has 2 heterocycles. The van der Waals surface area contributed by atoms with Crippen LogP contribution in [0.1, 0.15) is 34.7 Å². The summed E-state index contributed by atoms with van der Waals surface area (Å²) < 4.78 is 2.24. The van der Waals surface area contributed by atoms with Crippen molar-refractivity contribution in [1.82, 2.24) is 14.5 Å². The Morgan fingerprint density at radius 1 is 1.06 bits per heavy atom. The Morgan fingerprint density at radius 3 is 2.55 bits per heavy atom. The first-order valence-electron chi connectivity index (χ1n) is 10.8. The summed E-state index contributed by atoms with van der Waals surface area (Å²) >= 11 is 0. The van der Waals surface area contributed by atoms with Crippen LogP contribution < -0.4 is 5.32 Å². The van der Waals surface area contributed by atoms with Crippen molar-refractivity contribution in [2.45, 2.75) is 26.1 Å². The topological polar surface area (TPSA) is 93.3 Å². The highest BCUT2D eigenvalue weighted by Crippen LogP contribution is 2.28. The van der Waals surface area contributed by atoms with E-state index in [-0.39, 0.29) is 11.6 Å². The van der Waals surface area contributed by atoms with E-state index in [1.54, 1.807) is 0 Å². The monoisotopic (exact) mass is 441 g/mol. The zero-order valence-corrected chi connectivity index (χ0v) is 18.1. The summed E-state index contributed by atoms with van der Waals surface area (Å²) in [6.07, 6.45) is 0. The van der Waals surface area contributed by atoms with Crippen LogP contribution in [0.5, 0.6) is 0 Å². The number of non-ortho nitro benzene ring substituents is 1. The van der Waals surface area contributed by atoms with Crippen LogP contribution in [0.15, 0.2) is 72.8 Å². The maximum absolute atomic E-state index is 12.6. The number of hydrogen-bond donors (Lipinski definition) is 1. The van der Waals surface area contributed by atoms with Crippen LogP contribution in [-0.2, 0) is 13.1 Å². The van der Waals surface area contributed by atoms with Crippen molar-refractivity contribution in [3.63, 3.8) is 0 Å². The standard InChI is InChI=1S/C25H23N5O3/c1-17(18-5-3-2-4-6-18)28-13-14-29-23-12-9-20(15-22(23)27-24(29)16-28)26-25(31)19-7-10-21(11-8-19)30(32)33/h2-12,15,17H,13-14,16H2,1H3,(H,26,31). The number of nitrogens with one attached hydrogen (secondary N) is 1. The molecule has 1 aliphatic heterocycles. The SMILES string of the molecule is CC(c1ccccc1)N1CCn2c(nc3cc(NC(=O)c4ccc([N+](=O)[O-])cc4)ccc32)C1. The van der Waals surface area contributed by atoms with Crippen LogP contribution in [0.25, 0.3) is 11.0 Å². The third-order valence-corrected chi connectivity index (χ3v) is 6.21. The molecule has 1 aliphatic rings. The molecule has 0 bridgehead atoms. The van der Waals surface area contributed by atoms with E-state index in [1.165, 1.54) is 29.8 Å². The van der Waals surface area contributed by atoms with E-state index in [0.717, 1.165) is 36.5 Å². The average molecular weight is 441 g/mol. The Hall–Kier alpha value is -4.04. The number of aromatic nitrogens is 2. The second kappa shape index (κ2) is 8.48. The minimum Gasteiger partial charge on any atom is -0.326 e. The smallest absolute Gasteiger partial charge is 0.269 e. The van der Waals surface area contributed by atoms with Gasteiger partial charge in [0.25, 0.3) is 11.6 Å². The quantitative estimate of drug-likeness (QED) is 0.356. The highest BCUT2D eigenvalue weighted by atomic mass is 16.6. The summed E-state index contributed by atoms with van der Waals surface area (Å²) in [5.74, 6) is 0.689. The number of fused-ring (bicyclic) bond motifs is 3. The first-order valence-corrected chi connectivity index (χ1v) is 10.8. The van der Waals surface area contributed by atoms with Crippen LogP contribution in [0, 0.1) is 10.1 Å². The van der Waals surface area contributed by atoms with Gasteiger partial charge in [-0.05, 0) is 42.8 Å². The first kappa shape index (κ1) is 20.8. The number of nitro groups is 1. The number of rotatable bonds is 5. The molecule has 8 heteroatoms. The fraction of sp³-hybridized carbons (Fsp3) is 0.200. The molecule has 4 aromatic rings. The molecular weight excluding hydrogens is 418 g/mol. The number of imidazole rings is 1. The molecule has 0 aliphatic carbocycles. The van der Waals surface area contributed by atoms with Crippen molar-refractivity contribution in [3.8, 4) is 0 Å². The summed E-state index contributed by atoms with van der Waals surface area (Å²) in [4.78, 5) is 30.2. The van der Waals surface area contributed by atoms with Gasteiger partial charge >= 0.3 is 0 Å². The largest absolute Gasteiger partial charge is 0.326 e. The minimum absolute atomic E-state index is 0.0489. The lowest BCUT2D eigenvalue weighted by Gasteiger charge is -2.33. The Balaban J connectivity index is 1.34. The van der Waals surface area contributed by atoms with Crippen LogP contribution in [0.2, 0.25) is 0 Å². The van der Waals surface area contributed by atoms with E-state index in [1.807, 2.05) is 24.3 Å². The number of hydrogen-bond acceptors (Lipinski definition) is 5. The second-order valence-electron chi connectivity index (χ2n) is 8.20. The second-order valence-corrected chi connectivity index (χ2v) is 8.20. The predicted octanol–water partition coefficient (Wildman–Crippen LogP) is 4.77. The van der Waals surface area contributed by atoms with Crippen molar-refractivity contribution < 1.29 is 9.72 Å². The number of nitro benzene ring substituents is 1. The van der Waals surface area contributed by atoms with Gasteiger partial charge in [0.2, 0.25) is 0 Å². The minimum atomic E-state index is -0.488. The van der Waals surface area contributed by atoms with Crippen molar-refractivity contribution in [1.29, 1.82) is 0 Å². The maximum atomic E-state index is 12.6. The molecular formula is C25H23N5O3. The number of anilines is 1. The van der Waals surface area contributed by atoms with E-state index in [4.69, 9.17) is 4.98 Å². The lowest BCUT2D eigenvalue weighted by molar-refractivity contribution is -0.384. The third kappa shape index (κ3) is 4.08. The van der Waals surface area contributed by atoms with Gasteiger partial charge in [-0.25, -0.2) is 4.98 Å². The molecule has 5 rings (SSSR count). The number of carbonyl (C=O) groups is 1. The van der Waals surface area contributed by atoms with Gasteiger partial charge in [-0.3, -0.25) is 19.8 Å². The number of carbonyl (C=O) groups excluding carboxylic acids is 1. The highest BCUT2D eigenvalue weighted by molar-refractivity contribution is 6.05. The zero-order chi connectivity index (χ0) is 22.9. The summed E-state index contributed by atoms with van der Waals surface area (Å²) in [6, 6.07) is 22.0. The average Bonchev–Trinajstić information content (AvgIpc) is 3.21. The summed E-state index contributed by atoms with van der Waals surface area (Å²) in [5.41, 5.74) is 4.11. The van der Waals surface area contributed by atoms with E-state index >= 15 is 0 Å². The molecule has 166 valence electrons. The van der Waals surface area contributed by atoms with Gasteiger partial charge in [-0.1, -0.05) is 30.3 Å². The summed E-state index contributed by atoms with van der Waals surface area (Å²) in [7, 11) is 0. The first-order chi connectivity index (χ1) is 16.0. The van der Waals surface area contributed by atoms with Gasteiger partial charge in [0.05, 0.1) is 22.5 Å². The molecule has 1 unspecified atom stereocenters. The van der Waals surface area contributed by atoms with Crippen LogP contribution in [0.4, 0.5) is 11.4 Å². The number of nitrogens with zero attached hydrogens (tertiary/aromatic N) is 4. The fourth-order valence-corrected chi connectivity index (χ4v) is 4.33. The van der Waals surface area contributed by atoms with Gasteiger partial charge in [-0.15, -0.1) is 0 Å². The lowest BCUT2D eigenvalue weighted by Crippen LogP contribution is -2.35.